The summed E-state index contributed by atoms with van der Waals surface area (Å²) in [5.41, 5.74) is 4.80. The van der Waals surface area contributed by atoms with Crippen molar-refractivity contribution in [2.45, 2.75) is 20.4 Å². The maximum Gasteiger partial charge on any atom is 0.278 e. The Morgan fingerprint density at radius 2 is 1.77 bits per heavy atom. The van der Waals surface area contributed by atoms with Crippen molar-refractivity contribution in [2.75, 3.05) is 39.3 Å². The van der Waals surface area contributed by atoms with Crippen LogP contribution in [0, 0.1) is 13.8 Å². The van der Waals surface area contributed by atoms with Crippen LogP contribution in [0.2, 0.25) is 0 Å². The van der Waals surface area contributed by atoms with Gasteiger partial charge in [0.2, 0.25) is 0 Å². The summed E-state index contributed by atoms with van der Waals surface area (Å²) in [6.45, 7) is 7.76. The van der Waals surface area contributed by atoms with Crippen LogP contribution in [-0.4, -0.2) is 75.9 Å². The number of benzene rings is 1. The van der Waals surface area contributed by atoms with Crippen molar-refractivity contribution < 1.29 is 14.7 Å². The second kappa shape index (κ2) is 8.99. The molecule has 4 rings (SSSR count). The largest absolute Gasteiger partial charge is 0.395 e. The number of carbonyl (C=O) groups is 2. The van der Waals surface area contributed by atoms with Gasteiger partial charge in [-0.25, -0.2) is 0 Å². The number of imide groups is 1. The van der Waals surface area contributed by atoms with Crippen LogP contribution in [-0.2, 0) is 16.1 Å². The van der Waals surface area contributed by atoms with Gasteiger partial charge in [-0.1, -0.05) is 24.3 Å². The highest BCUT2D eigenvalue weighted by Gasteiger charge is 2.42. The number of hydrogen-bond donors (Lipinski definition) is 1. The molecule has 1 N–H and O–H groups in total. The SMILES string of the molecule is Cc1ccc(C2=C(N3CCN(CCO)CC3)C(=O)N(Cc3cccnc3)C2=O)cc1C. The number of carbonyl (C=O) groups excluding carboxylic acids is 2. The molecular formula is C24H28N4O3. The molecule has 7 nitrogen and oxygen atoms in total. The minimum atomic E-state index is -0.259. The molecular weight excluding hydrogens is 392 g/mol. The predicted octanol–water partition coefficient (Wildman–Crippen LogP) is 1.59. The third-order valence-corrected chi connectivity index (χ3v) is 6.11. The van der Waals surface area contributed by atoms with E-state index in [1.807, 2.05) is 43.0 Å². The van der Waals surface area contributed by atoms with Crippen molar-refractivity contribution >= 4 is 17.4 Å². The molecule has 1 fully saturated rings. The molecule has 0 spiro atoms. The molecule has 0 atom stereocenters. The average Bonchev–Trinajstić information content (AvgIpc) is 3.02. The monoisotopic (exact) mass is 420 g/mol. The molecule has 2 amide bonds. The number of hydrogen-bond acceptors (Lipinski definition) is 6. The molecule has 162 valence electrons. The number of aryl methyl sites for hydroxylation is 2. The fraction of sp³-hybridized carbons (Fsp3) is 0.375. The van der Waals surface area contributed by atoms with Crippen LogP contribution in [0.3, 0.4) is 0 Å². The normalized spacial score (nSPS) is 17.8. The molecule has 0 bridgehead atoms. The molecule has 2 aliphatic heterocycles. The number of amides is 2. The van der Waals surface area contributed by atoms with Gasteiger partial charge in [0.15, 0.2) is 0 Å². The van der Waals surface area contributed by atoms with Crippen molar-refractivity contribution in [1.29, 1.82) is 0 Å². The number of aromatic nitrogens is 1. The van der Waals surface area contributed by atoms with E-state index < -0.39 is 0 Å². The molecule has 1 aromatic carbocycles. The summed E-state index contributed by atoms with van der Waals surface area (Å²) in [4.78, 5) is 36.6. The van der Waals surface area contributed by atoms with E-state index in [2.05, 4.69) is 9.88 Å². The summed E-state index contributed by atoms with van der Waals surface area (Å²) < 4.78 is 0. The topological polar surface area (TPSA) is 77.0 Å². The summed E-state index contributed by atoms with van der Waals surface area (Å²) in [5.74, 6) is -0.511. The van der Waals surface area contributed by atoms with Gasteiger partial charge in [0.25, 0.3) is 11.8 Å². The Kier molecular flexibility index (Phi) is 6.15. The Bertz CT molecular complexity index is 1010. The molecule has 7 heteroatoms. The molecule has 31 heavy (non-hydrogen) atoms. The smallest absolute Gasteiger partial charge is 0.278 e. The first-order valence-electron chi connectivity index (χ1n) is 10.6. The lowest BCUT2D eigenvalue weighted by atomic mass is 9.99. The van der Waals surface area contributed by atoms with E-state index >= 15 is 0 Å². The van der Waals surface area contributed by atoms with Crippen molar-refractivity contribution in [2.24, 2.45) is 0 Å². The van der Waals surface area contributed by atoms with E-state index in [1.165, 1.54) is 4.90 Å². The number of piperazine rings is 1. The van der Waals surface area contributed by atoms with Crippen LogP contribution >= 0.6 is 0 Å². The van der Waals surface area contributed by atoms with Gasteiger partial charge >= 0.3 is 0 Å². The first-order valence-corrected chi connectivity index (χ1v) is 10.6. The number of rotatable bonds is 6. The van der Waals surface area contributed by atoms with Crippen molar-refractivity contribution in [3.8, 4) is 0 Å². The van der Waals surface area contributed by atoms with Crippen LogP contribution in [0.5, 0.6) is 0 Å². The van der Waals surface area contributed by atoms with Crippen LogP contribution < -0.4 is 0 Å². The zero-order valence-corrected chi connectivity index (χ0v) is 18.0. The number of β-amino-alcohol motifs (C(OH)–C–C–N with tert-alkyl or cyclic N) is 1. The Morgan fingerprint density at radius 3 is 2.42 bits per heavy atom. The molecule has 1 saturated heterocycles. The van der Waals surface area contributed by atoms with Crippen molar-refractivity contribution in [3.05, 3.63) is 70.7 Å². The molecule has 1 aromatic heterocycles. The summed E-state index contributed by atoms with van der Waals surface area (Å²) in [5, 5.41) is 9.21. The molecule has 0 aliphatic carbocycles. The minimum Gasteiger partial charge on any atom is -0.395 e. The summed E-state index contributed by atoms with van der Waals surface area (Å²) in [6.07, 6.45) is 3.36. The van der Waals surface area contributed by atoms with Gasteiger partial charge in [-0.3, -0.25) is 24.4 Å². The summed E-state index contributed by atoms with van der Waals surface area (Å²) in [7, 11) is 0. The van der Waals surface area contributed by atoms with Gasteiger partial charge in [-0.15, -0.1) is 0 Å². The molecule has 0 saturated carbocycles. The van der Waals surface area contributed by atoms with E-state index in [9.17, 15) is 14.7 Å². The van der Waals surface area contributed by atoms with Gasteiger partial charge in [0.1, 0.15) is 5.70 Å². The summed E-state index contributed by atoms with van der Waals surface area (Å²) >= 11 is 0. The van der Waals surface area contributed by atoms with Crippen LogP contribution in [0.4, 0.5) is 0 Å². The Hall–Kier alpha value is -3.03. The molecule has 0 radical (unpaired) electrons. The highest BCUT2D eigenvalue weighted by molar-refractivity contribution is 6.35. The van der Waals surface area contributed by atoms with E-state index in [1.54, 1.807) is 18.5 Å². The zero-order chi connectivity index (χ0) is 22.0. The van der Waals surface area contributed by atoms with Gasteiger partial charge in [0.05, 0.1) is 18.7 Å². The third kappa shape index (κ3) is 4.24. The molecule has 3 heterocycles. The average molecular weight is 421 g/mol. The Morgan fingerprint density at radius 1 is 1.00 bits per heavy atom. The van der Waals surface area contributed by atoms with Crippen molar-refractivity contribution in [3.63, 3.8) is 0 Å². The van der Waals surface area contributed by atoms with Gasteiger partial charge in [-0.2, -0.15) is 0 Å². The van der Waals surface area contributed by atoms with Gasteiger partial charge < -0.3 is 10.0 Å². The van der Waals surface area contributed by atoms with Gasteiger partial charge in [-0.05, 0) is 42.2 Å². The Labute approximate surface area is 182 Å². The molecule has 0 unspecified atom stereocenters. The van der Waals surface area contributed by atoms with E-state index in [4.69, 9.17) is 0 Å². The summed E-state index contributed by atoms with van der Waals surface area (Å²) in [6, 6.07) is 9.59. The minimum absolute atomic E-state index is 0.118. The highest BCUT2D eigenvalue weighted by Crippen LogP contribution is 2.33. The Balaban J connectivity index is 1.70. The van der Waals surface area contributed by atoms with Gasteiger partial charge in [0, 0.05) is 45.1 Å². The fourth-order valence-electron chi connectivity index (χ4n) is 4.17. The molecule has 2 aromatic rings. The first kappa shape index (κ1) is 21.2. The highest BCUT2D eigenvalue weighted by atomic mass is 16.3. The number of aliphatic hydroxyl groups excluding tert-OH is 1. The zero-order valence-electron chi connectivity index (χ0n) is 18.0. The first-order chi connectivity index (χ1) is 15.0. The van der Waals surface area contributed by atoms with E-state index in [0.29, 0.717) is 30.9 Å². The van der Waals surface area contributed by atoms with E-state index in [0.717, 1.165) is 35.3 Å². The lowest BCUT2D eigenvalue weighted by molar-refractivity contribution is -0.138. The van der Waals surface area contributed by atoms with Crippen LogP contribution in [0.15, 0.2) is 48.4 Å². The number of aliphatic hydroxyl groups is 1. The maximum atomic E-state index is 13.5. The lowest BCUT2D eigenvalue weighted by Crippen LogP contribution is -2.48. The lowest BCUT2D eigenvalue weighted by Gasteiger charge is -2.36. The predicted molar refractivity (Wildman–Crippen MR) is 118 cm³/mol. The second-order valence-corrected chi connectivity index (χ2v) is 8.13. The molecule has 2 aliphatic rings. The third-order valence-electron chi connectivity index (χ3n) is 6.11. The van der Waals surface area contributed by atoms with Crippen molar-refractivity contribution in [1.82, 2.24) is 19.7 Å². The number of nitrogens with zero attached hydrogens (tertiary/aromatic N) is 4. The van der Waals surface area contributed by atoms with Crippen LogP contribution in [0.1, 0.15) is 22.3 Å². The maximum absolute atomic E-state index is 13.5. The quantitative estimate of drug-likeness (QED) is 0.716. The fourth-order valence-corrected chi connectivity index (χ4v) is 4.17. The van der Waals surface area contributed by atoms with E-state index in [-0.39, 0.29) is 25.0 Å². The second-order valence-electron chi connectivity index (χ2n) is 8.13. The van der Waals surface area contributed by atoms with Crippen LogP contribution in [0.25, 0.3) is 5.57 Å². The standard InChI is InChI=1S/C24H28N4O3/c1-17-5-6-20(14-18(17)2)21-22(27-10-8-26(9-11-27)12-13-29)24(31)28(23(21)30)16-19-4-3-7-25-15-19/h3-7,14-15,29H,8-13,16H2,1-2H3. The number of pyridine rings is 1.